The van der Waals surface area contributed by atoms with Crippen LogP contribution < -0.4 is 14.1 Å². The molecule has 0 radical (unpaired) electrons. The predicted octanol–water partition coefficient (Wildman–Crippen LogP) is 3.52. The maximum Gasteiger partial charge on any atom is 0.412 e. The van der Waals surface area contributed by atoms with Gasteiger partial charge in [0.2, 0.25) is 15.9 Å². The van der Waals surface area contributed by atoms with Crippen molar-refractivity contribution in [1.29, 1.82) is 0 Å². The fraction of sp³-hybridized carbons (Fsp3) is 0.391. The van der Waals surface area contributed by atoms with E-state index >= 15 is 0 Å². The Labute approximate surface area is 187 Å². The molecule has 9 heteroatoms. The highest BCUT2D eigenvalue weighted by Gasteiger charge is 2.40. The maximum atomic E-state index is 12.9. The first-order valence-electron chi connectivity index (χ1n) is 10.8. The molecule has 1 aliphatic carbocycles. The van der Waals surface area contributed by atoms with Crippen molar-refractivity contribution in [3.05, 3.63) is 42.5 Å². The van der Waals surface area contributed by atoms with Gasteiger partial charge < -0.3 is 10.0 Å². The number of sulfonamides is 1. The van der Waals surface area contributed by atoms with Gasteiger partial charge in [0.1, 0.15) is 0 Å². The van der Waals surface area contributed by atoms with Crippen LogP contribution in [0.15, 0.2) is 42.5 Å². The maximum absolute atomic E-state index is 12.9. The molecular weight excluding hydrogens is 430 g/mol. The fourth-order valence-corrected chi connectivity index (χ4v) is 6.17. The quantitative estimate of drug-likeness (QED) is 0.764. The van der Waals surface area contributed by atoms with E-state index < -0.39 is 16.1 Å². The van der Waals surface area contributed by atoms with Gasteiger partial charge >= 0.3 is 6.09 Å². The molecule has 0 aromatic heterocycles. The Morgan fingerprint density at radius 2 is 1.69 bits per heavy atom. The molecule has 2 fully saturated rings. The summed E-state index contributed by atoms with van der Waals surface area (Å²) in [7, 11) is -3.24. The molecule has 2 aromatic rings. The molecule has 5 rings (SSSR count). The van der Waals surface area contributed by atoms with E-state index in [0.717, 1.165) is 24.0 Å². The van der Waals surface area contributed by atoms with Crippen molar-refractivity contribution in [2.75, 3.05) is 32.9 Å². The van der Waals surface area contributed by atoms with E-state index in [1.165, 1.54) is 9.21 Å². The molecule has 0 bridgehead atoms. The number of fused-ring (bicyclic) bond motifs is 1. The first-order valence-corrected chi connectivity index (χ1v) is 12.5. The Balaban J connectivity index is 1.52. The number of nitrogens with zero attached hydrogens (tertiary/aromatic N) is 3. The third-order valence-electron chi connectivity index (χ3n) is 6.40. The normalized spacial score (nSPS) is 22.0. The molecular formula is C23H25N3O5S. The Hall–Kier alpha value is -3.07. The zero-order valence-corrected chi connectivity index (χ0v) is 18.6. The minimum atomic E-state index is -3.24. The van der Waals surface area contributed by atoms with Crippen LogP contribution in [0.2, 0.25) is 0 Å². The number of hydrogen-bond acceptors (Lipinski definition) is 4. The van der Waals surface area contributed by atoms with Crippen molar-refractivity contribution in [3.8, 4) is 11.1 Å². The number of carbonyl (C=O) groups excluding carboxylic acids is 1. The van der Waals surface area contributed by atoms with Crippen LogP contribution in [-0.4, -0.2) is 50.4 Å². The summed E-state index contributed by atoms with van der Waals surface area (Å²) in [6.45, 7) is 2.62. The van der Waals surface area contributed by atoms with Crippen molar-refractivity contribution in [1.82, 2.24) is 0 Å². The molecule has 1 N–H and O–H groups in total. The Bertz CT molecular complexity index is 1190. The summed E-state index contributed by atoms with van der Waals surface area (Å²) in [6, 6.07) is 12.4. The number of anilines is 3. The summed E-state index contributed by atoms with van der Waals surface area (Å²) in [5, 5.41) is 9.73. The average molecular weight is 456 g/mol. The van der Waals surface area contributed by atoms with Crippen LogP contribution in [0, 0.1) is 5.92 Å². The topological polar surface area (TPSA) is 98.2 Å². The number of carboxylic acid groups (broad SMARTS) is 1. The minimum absolute atomic E-state index is 0.0248. The van der Waals surface area contributed by atoms with Crippen molar-refractivity contribution in [3.63, 3.8) is 0 Å². The molecule has 2 amide bonds. The second-order valence-corrected chi connectivity index (χ2v) is 10.7. The van der Waals surface area contributed by atoms with E-state index in [1.807, 2.05) is 31.2 Å². The Kier molecular flexibility index (Phi) is 4.88. The van der Waals surface area contributed by atoms with Crippen molar-refractivity contribution >= 4 is 39.1 Å². The van der Waals surface area contributed by atoms with Gasteiger partial charge in [0, 0.05) is 19.0 Å². The van der Waals surface area contributed by atoms with Crippen LogP contribution in [0.25, 0.3) is 11.1 Å². The van der Waals surface area contributed by atoms with Crippen LogP contribution in [-0.2, 0) is 14.8 Å². The number of hydrogen-bond donors (Lipinski definition) is 1. The lowest BCUT2D eigenvalue weighted by molar-refractivity contribution is -0.119. The fourth-order valence-electron chi connectivity index (χ4n) is 4.61. The van der Waals surface area contributed by atoms with Gasteiger partial charge in [-0.25, -0.2) is 13.2 Å². The van der Waals surface area contributed by atoms with Gasteiger partial charge in [-0.2, -0.15) is 0 Å². The lowest BCUT2D eigenvalue weighted by Crippen LogP contribution is -2.52. The molecule has 32 heavy (non-hydrogen) atoms. The van der Waals surface area contributed by atoms with E-state index in [4.69, 9.17) is 0 Å². The Morgan fingerprint density at radius 3 is 2.28 bits per heavy atom. The van der Waals surface area contributed by atoms with Crippen molar-refractivity contribution in [2.24, 2.45) is 5.92 Å². The van der Waals surface area contributed by atoms with Gasteiger partial charge in [-0.3, -0.25) is 14.0 Å². The third kappa shape index (κ3) is 3.50. The highest BCUT2D eigenvalue weighted by molar-refractivity contribution is 7.93. The molecule has 2 heterocycles. The van der Waals surface area contributed by atoms with E-state index in [-0.39, 0.29) is 23.6 Å². The molecule has 8 nitrogen and oxygen atoms in total. The number of carbonyl (C=O) groups is 2. The highest BCUT2D eigenvalue weighted by Crippen LogP contribution is 2.42. The lowest BCUT2D eigenvalue weighted by Gasteiger charge is -2.40. The minimum Gasteiger partial charge on any atom is -0.465 e. The Morgan fingerprint density at radius 1 is 1.00 bits per heavy atom. The van der Waals surface area contributed by atoms with Gasteiger partial charge in [-0.05, 0) is 61.6 Å². The molecule has 1 saturated carbocycles. The van der Waals surface area contributed by atoms with Gasteiger partial charge in [0.05, 0.1) is 28.9 Å². The molecule has 2 aliphatic heterocycles. The highest BCUT2D eigenvalue weighted by atomic mass is 32.2. The molecule has 0 unspecified atom stereocenters. The SMILES string of the molecule is C[C@H]1CN(C(=O)C2CC2)c2cc(-c3ccc(N4CCCS4(=O)=O)cc3)ccc2N1C(=O)O. The van der Waals surface area contributed by atoms with E-state index in [9.17, 15) is 23.1 Å². The van der Waals surface area contributed by atoms with Crippen LogP contribution >= 0.6 is 0 Å². The average Bonchev–Trinajstić information content (AvgIpc) is 3.55. The summed E-state index contributed by atoms with van der Waals surface area (Å²) < 4.78 is 25.8. The van der Waals surface area contributed by atoms with Crippen molar-refractivity contribution in [2.45, 2.75) is 32.2 Å². The number of rotatable bonds is 3. The smallest absolute Gasteiger partial charge is 0.412 e. The van der Waals surface area contributed by atoms with Gasteiger partial charge in [0.15, 0.2) is 0 Å². The van der Waals surface area contributed by atoms with Crippen LogP contribution in [0.4, 0.5) is 21.9 Å². The van der Waals surface area contributed by atoms with Gasteiger partial charge in [0.25, 0.3) is 0 Å². The lowest BCUT2D eigenvalue weighted by atomic mass is 10.00. The monoisotopic (exact) mass is 455 g/mol. The second kappa shape index (κ2) is 7.51. The zero-order chi connectivity index (χ0) is 22.6. The predicted molar refractivity (Wildman–Crippen MR) is 123 cm³/mol. The van der Waals surface area contributed by atoms with Crippen molar-refractivity contribution < 1.29 is 23.1 Å². The number of benzene rings is 2. The molecule has 1 atom stereocenters. The van der Waals surface area contributed by atoms with E-state index in [2.05, 4.69) is 0 Å². The molecule has 0 spiro atoms. The first-order chi connectivity index (χ1) is 15.3. The summed E-state index contributed by atoms with van der Waals surface area (Å²) in [5.74, 6) is 0.245. The van der Waals surface area contributed by atoms with Gasteiger partial charge in [-0.1, -0.05) is 18.2 Å². The van der Waals surface area contributed by atoms with Crippen LogP contribution in [0.1, 0.15) is 26.2 Å². The molecule has 2 aromatic carbocycles. The van der Waals surface area contributed by atoms with Crippen LogP contribution in [0.5, 0.6) is 0 Å². The van der Waals surface area contributed by atoms with Crippen LogP contribution in [0.3, 0.4) is 0 Å². The molecule has 1 saturated heterocycles. The molecule has 3 aliphatic rings. The largest absolute Gasteiger partial charge is 0.465 e. The number of amides is 2. The van der Waals surface area contributed by atoms with Gasteiger partial charge in [-0.15, -0.1) is 0 Å². The second-order valence-electron chi connectivity index (χ2n) is 8.72. The van der Waals surface area contributed by atoms with E-state index in [1.54, 1.807) is 23.1 Å². The summed E-state index contributed by atoms with van der Waals surface area (Å²) in [4.78, 5) is 27.9. The third-order valence-corrected chi connectivity index (χ3v) is 8.27. The molecule has 168 valence electrons. The zero-order valence-electron chi connectivity index (χ0n) is 17.8. The summed E-state index contributed by atoms with van der Waals surface area (Å²) in [5.41, 5.74) is 3.46. The summed E-state index contributed by atoms with van der Waals surface area (Å²) in [6.07, 6.45) is 1.34. The standard InChI is InChI=1S/C23H25N3O5S/c1-15-14-24(22(27)17-3-4-17)21-13-18(7-10-20(21)26(15)23(28)29)16-5-8-19(9-6-16)25-11-2-12-32(25,30)31/h5-10,13,15,17H,2-4,11-12,14H2,1H3,(H,28,29)/t15-/m0/s1. The van der Waals surface area contributed by atoms with E-state index in [0.29, 0.717) is 36.6 Å². The summed E-state index contributed by atoms with van der Waals surface area (Å²) >= 11 is 0. The first kappa shape index (κ1) is 20.8.